The summed E-state index contributed by atoms with van der Waals surface area (Å²) in [6, 6.07) is 6.21. The van der Waals surface area contributed by atoms with Gasteiger partial charge < -0.3 is 5.11 Å². The third-order valence-corrected chi connectivity index (χ3v) is 3.74. The maximum absolute atomic E-state index is 10.7. The smallest absolute Gasteiger partial charge is 0.303 e. The van der Waals surface area contributed by atoms with Gasteiger partial charge in [0.1, 0.15) is 0 Å². The standard InChI is InChI=1S/C12H13BrO2/c13-11-3-1-2-9-5-4-8(6-10(9)11)7-12(14)15/h1-3,8H,4-7H2,(H,14,15). The van der Waals surface area contributed by atoms with Crippen molar-refractivity contribution >= 4 is 21.9 Å². The predicted molar refractivity (Wildman–Crippen MR) is 61.9 cm³/mol. The molecule has 0 amide bonds. The molecule has 0 saturated carbocycles. The lowest BCUT2D eigenvalue weighted by Crippen LogP contribution is -2.17. The van der Waals surface area contributed by atoms with Gasteiger partial charge in [0.15, 0.2) is 0 Å². The van der Waals surface area contributed by atoms with Crippen LogP contribution in [0.25, 0.3) is 0 Å². The van der Waals surface area contributed by atoms with E-state index in [4.69, 9.17) is 5.11 Å². The Morgan fingerprint density at radius 3 is 3.07 bits per heavy atom. The summed E-state index contributed by atoms with van der Waals surface area (Å²) < 4.78 is 1.12. The first-order valence-corrected chi connectivity index (χ1v) is 5.94. The van der Waals surface area contributed by atoms with Crippen LogP contribution in [0.4, 0.5) is 0 Å². The first-order valence-electron chi connectivity index (χ1n) is 5.15. The molecule has 0 aromatic heterocycles. The Morgan fingerprint density at radius 2 is 2.33 bits per heavy atom. The van der Waals surface area contributed by atoms with Crippen LogP contribution in [0.2, 0.25) is 0 Å². The van der Waals surface area contributed by atoms with Gasteiger partial charge >= 0.3 is 5.97 Å². The largest absolute Gasteiger partial charge is 0.481 e. The number of fused-ring (bicyclic) bond motifs is 1. The molecule has 1 aliphatic carbocycles. The van der Waals surface area contributed by atoms with Crippen LogP contribution in [0.3, 0.4) is 0 Å². The van der Waals surface area contributed by atoms with Crippen molar-refractivity contribution in [3.63, 3.8) is 0 Å². The summed E-state index contributed by atoms with van der Waals surface area (Å²) in [5.74, 6) is -0.385. The van der Waals surface area contributed by atoms with E-state index in [1.165, 1.54) is 11.1 Å². The minimum absolute atomic E-state index is 0.292. The average molecular weight is 269 g/mol. The number of carboxylic acid groups (broad SMARTS) is 1. The van der Waals surface area contributed by atoms with Gasteiger partial charge in [-0.2, -0.15) is 0 Å². The van der Waals surface area contributed by atoms with Crippen molar-refractivity contribution in [3.05, 3.63) is 33.8 Å². The highest BCUT2D eigenvalue weighted by atomic mass is 79.9. The van der Waals surface area contributed by atoms with Gasteiger partial charge in [0, 0.05) is 10.9 Å². The SMILES string of the molecule is O=C(O)CC1CCc2cccc(Br)c2C1. The Bertz CT molecular complexity index is 387. The van der Waals surface area contributed by atoms with Gasteiger partial charge in [0.05, 0.1) is 0 Å². The second-order valence-electron chi connectivity index (χ2n) is 4.08. The quantitative estimate of drug-likeness (QED) is 0.896. The van der Waals surface area contributed by atoms with Gasteiger partial charge in [0.2, 0.25) is 0 Å². The van der Waals surface area contributed by atoms with Crippen LogP contribution in [0, 0.1) is 5.92 Å². The summed E-state index contributed by atoms with van der Waals surface area (Å²) in [5.41, 5.74) is 2.67. The third kappa shape index (κ3) is 2.40. The van der Waals surface area contributed by atoms with Crippen LogP contribution < -0.4 is 0 Å². The molecule has 1 N–H and O–H groups in total. The summed E-state index contributed by atoms with van der Waals surface area (Å²) in [6.45, 7) is 0. The van der Waals surface area contributed by atoms with Gasteiger partial charge in [-0.05, 0) is 42.4 Å². The molecule has 0 fully saturated rings. The minimum atomic E-state index is -0.685. The summed E-state index contributed by atoms with van der Waals surface area (Å²) in [7, 11) is 0. The first kappa shape index (κ1) is 10.7. The van der Waals surface area contributed by atoms with Gasteiger partial charge in [-0.1, -0.05) is 28.1 Å². The Kier molecular flexibility index (Phi) is 3.10. The van der Waals surface area contributed by atoms with Crippen LogP contribution in [0.1, 0.15) is 24.0 Å². The van der Waals surface area contributed by atoms with Crippen LogP contribution in [-0.4, -0.2) is 11.1 Å². The number of halogens is 1. The number of aryl methyl sites for hydroxylation is 1. The average Bonchev–Trinajstić information content (AvgIpc) is 2.18. The van der Waals surface area contributed by atoms with Crippen molar-refractivity contribution in [1.82, 2.24) is 0 Å². The molecular weight excluding hydrogens is 256 g/mol. The first-order chi connectivity index (χ1) is 7.16. The lowest BCUT2D eigenvalue weighted by atomic mass is 9.82. The maximum atomic E-state index is 10.7. The molecule has 0 radical (unpaired) electrons. The van der Waals surface area contributed by atoms with E-state index < -0.39 is 5.97 Å². The van der Waals surface area contributed by atoms with Crippen LogP contribution in [-0.2, 0) is 17.6 Å². The molecule has 0 bridgehead atoms. The Labute approximate surface area is 97.4 Å². The summed E-state index contributed by atoms with van der Waals surface area (Å²) >= 11 is 3.53. The zero-order valence-corrected chi connectivity index (χ0v) is 9.96. The molecule has 1 unspecified atom stereocenters. The number of carbonyl (C=O) groups is 1. The zero-order valence-electron chi connectivity index (χ0n) is 8.37. The molecule has 3 heteroatoms. The molecule has 1 aliphatic rings. The fraction of sp³-hybridized carbons (Fsp3) is 0.417. The Hall–Kier alpha value is -0.830. The maximum Gasteiger partial charge on any atom is 0.303 e. The van der Waals surface area contributed by atoms with E-state index >= 15 is 0 Å². The van der Waals surface area contributed by atoms with Crippen molar-refractivity contribution in [2.45, 2.75) is 25.7 Å². The second-order valence-corrected chi connectivity index (χ2v) is 4.94. The predicted octanol–water partition coefficient (Wildman–Crippen LogP) is 3.03. The highest BCUT2D eigenvalue weighted by Crippen LogP contribution is 2.32. The molecule has 0 saturated heterocycles. The number of carboxylic acids is 1. The minimum Gasteiger partial charge on any atom is -0.481 e. The molecule has 2 rings (SSSR count). The fourth-order valence-corrected chi connectivity index (χ4v) is 2.81. The van der Waals surface area contributed by atoms with Crippen molar-refractivity contribution in [2.24, 2.45) is 5.92 Å². The van der Waals surface area contributed by atoms with Crippen LogP contribution in [0.15, 0.2) is 22.7 Å². The molecular formula is C12H13BrO2. The molecule has 80 valence electrons. The molecule has 1 aromatic carbocycles. The van der Waals surface area contributed by atoms with Gasteiger partial charge in [0.25, 0.3) is 0 Å². The monoisotopic (exact) mass is 268 g/mol. The number of hydrogen-bond donors (Lipinski definition) is 1. The molecule has 0 heterocycles. The lowest BCUT2D eigenvalue weighted by Gasteiger charge is -2.24. The van der Waals surface area contributed by atoms with Crippen molar-refractivity contribution in [3.8, 4) is 0 Å². The Morgan fingerprint density at radius 1 is 1.53 bits per heavy atom. The van der Waals surface area contributed by atoms with E-state index in [0.717, 1.165) is 23.7 Å². The molecule has 15 heavy (non-hydrogen) atoms. The van der Waals surface area contributed by atoms with Crippen molar-refractivity contribution in [1.29, 1.82) is 0 Å². The number of hydrogen-bond acceptors (Lipinski definition) is 1. The topological polar surface area (TPSA) is 37.3 Å². The molecule has 0 aliphatic heterocycles. The fourth-order valence-electron chi connectivity index (χ4n) is 2.24. The third-order valence-electron chi connectivity index (χ3n) is 2.99. The normalized spacial score (nSPS) is 19.7. The summed E-state index contributed by atoms with van der Waals surface area (Å²) in [4.78, 5) is 10.7. The highest BCUT2D eigenvalue weighted by molar-refractivity contribution is 9.10. The Balaban J connectivity index is 2.18. The number of aliphatic carboxylic acids is 1. The van der Waals surface area contributed by atoms with Crippen LogP contribution >= 0.6 is 15.9 Å². The van der Waals surface area contributed by atoms with Gasteiger partial charge in [-0.3, -0.25) is 4.79 Å². The molecule has 0 spiro atoms. The van der Waals surface area contributed by atoms with E-state index in [0.29, 0.717) is 12.3 Å². The van der Waals surface area contributed by atoms with Crippen molar-refractivity contribution < 1.29 is 9.90 Å². The zero-order chi connectivity index (χ0) is 10.8. The van der Waals surface area contributed by atoms with E-state index in [1.807, 2.05) is 12.1 Å². The van der Waals surface area contributed by atoms with Gasteiger partial charge in [-0.15, -0.1) is 0 Å². The van der Waals surface area contributed by atoms with Crippen LogP contribution in [0.5, 0.6) is 0 Å². The van der Waals surface area contributed by atoms with E-state index in [9.17, 15) is 4.79 Å². The molecule has 1 aromatic rings. The summed E-state index contributed by atoms with van der Waals surface area (Å²) in [6.07, 6.45) is 3.19. The van der Waals surface area contributed by atoms with E-state index in [1.54, 1.807) is 0 Å². The van der Waals surface area contributed by atoms with E-state index in [-0.39, 0.29) is 0 Å². The van der Waals surface area contributed by atoms with Crippen molar-refractivity contribution in [2.75, 3.05) is 0 Å². The summed E-state index contributed by atoms with van der Waals surface area (Å²) in [5, 5.41) is 8.77. The number of rotatable bonds is 2. The highest BCUT2D eigenvalue weighted by Gasteiger charge is 2.21. The number of benzene rings is 1. The van der Waals surface area contributed by atoms with E-state index in [2.05, 4.69) is 22.0 Å². The lowest BCUT2D eigenvalue weighted by molar-refractivity contribution is -0.138. The second kappa shape index (κ2) is 4.35. The van der Waals surface area contributed by atoms with Gasteiger partial charge in [-0.25, -0.2) is 0 Å². The molecule has 1 atom stereocenters. The molecule has 2 nitrogen and oxygen atoms in total.